The maximum atomic E-state index is 11.6. The highest BCUT2D eigenvalue weighted by molar-refractivity contribution is 7.91. The molecule has 0 saturated carbocycles. The minimum atomic E-state index is -3.24. The number of rotatable bonds is 9. The van der Waals surface area contributed by atoms with Crippen LogP contribution in [-0.2, 0) is 14.6 Å². The van der Waals surface area contributed by atoms with Gasteiger partial charge in [-0.3, -0.25) is 0 Å². The summed E-state index contributed by atoms with van der Waals surface area (Å²) in [7, 11) is -1.66. The molecule has 9 heteroatoms. The number of benzene rings is 1. The number of anilines is 1. The van der Waals surface area contributed by atoms with Crippen molar-refractivity contribution in [3.63, 3.8) is 0 Å². The number of nitrogens with zero attached hydrogens (tertiary/aromatic N) is 2. The third kappa shape index (κ3) is 5.41. The molecule has 0 aliphatic heterocycles. The molecule has 26 heavy (non-hydrogen) atoms. The molecule has 8 nitrogen and oxygen atoms in total. The number of carbonyl (C=O) groups is 1. The van der Waals surface area contributed by atoms with E-state index in [9.17, 15) is 18.3 Å². The average molecular weight is 379 g/mol. The summed E-state index contributed by atoms with van der Waals surface area (Å²) in [6.07, 6.45) is -0.0482. The second-order valence-corrected chi connectivity index (χ2v) is 8.07. The molecule has 0 bridgehead atoms. The van der Waals surface area contributed by atoms with Gasteiger partial charge in [-0.2, -0.15) is 0 Å². The Hall–Kier alpha value is -2.68. The van der Waals surface area contributed by atoms with Crippen molar-refractivity contribution in [1.29, 1.82) is 0 Å². The van der Waals surface area contributed by atoms with Gasteiger partial charge in [0.25, 0.3) is 0 Å². The molecule has 0 spiro atoms. The first-order valence-corrected chi connectivity index (χ1v) is 9.84. The van der Waals surface area contributed by atoms with Crippen LogP contribution in [-0.4, -0.2) is 54.3 Å². The summed E-state index contributed by atoms with van der Waals surface area (Å²) >= 11 is 0. The van der Waals surface area contributed by atoms with Crippen LogP contribution >= 0.6 is 0 Å². The normalized spacial score (nSPS) is 12.4. The molecule has 1 atom stereocenters. The highest BCUT2D eigenvalue weighted by Crippen LogP contribution is 2.21. The van der Waals surface area contributed by atoms with Crippen LogP contribution in [0.1, 0.15) is 13.3 Å². The van der Waals surface area contributed by atoms with Crippen LogP contribution < -0.4 is 10.1 Å². The second kappa shape index (κ2) is 8.61. The van der Waals surface area contributed by atoms with E-state index < -0.39 is 21.8 Å². The lowest BCUT2D eigenvalue weighted by atomic mass is 10.1. The number of aliphatic carboxylic acids is 1. The smallest absolute Gasteiger partial charge is 0.326 e. The molecule has 0 saturated heterocycles. The SMILES string of the molecule is CCS(=O)(=O)CCC(Nc1ccc(-c2ccc(OC)cc2)nn1)C(=O)O. The number of methoxy groups -OCH3 is 1. The third-order valence-electron chi connectivity index (χ3n) is 3.83. The summed E-state index contributed by atoms with van der Waals surface area (Å²) in [6.45, 7) is 1.53. The van der Waals surface area contributed by atoms with E-state index in [2.05, 4.69) is 15.5 Å². The van der Waals surface area contributed by atoms with E-state index in [4.69, 9.17) is 4.74 Å². The maximum absolute atomic E-state index is 11.6. The van der Waals surface area contributed by atoms with Crippen molar-refractivity contribution in [3.05, 3.63) is 36.4 Å². The van der Waals surface area contributed by atoms with Crippen LogP contribution in [0, 0.1) is 0 Å². The van der Waals surface area contributed by atoms with E-state index in [1.54, 1.807) is 31.4 Å². The molecule has 2 N–H and O–H groups in total. The first-order valence-electron chi connectivity index (χ1n) is 8.02. The number of aromatic nitrogens is 2. The summed E-state index contributed by atoms with van der Waals surface area (Å²) in [5.41, 5.74) is 1.47. The number of hydrogen-bond acceptors (Lipinski definition) is 7. The number of ether oxygens (including phenoxy) is 1. The summed E-state index contributed by atoms with van der Waals surface area (Å²) in [4.78, 5) is 11.3. The van der Waals surface area contributed by atoms with Gasteiger partial charge in [-0.15, -0.1) is 10.2 Å². The molecule has 0 aliphatic carbocycles. The summed E-state index contributed by atoms with van der Waals surface area (Å²) < 4.78 is 28.2. The summed E-state index contributed by atoms with van der Waals surface area (Å²) in [5.74, 6) is -0.368. The van der Waals surface area contributed by atoms with Crippen LogP contribution in [0.5, 0.6) is 5.75 Å². The molecule has 2 rings (SSSR count). The third-order valence-corrected chi connectivity index (χ3v) is 5.57. The lowest BCUT2D eigenvalue weighted by molar-refractivity contribution is -0.137. The molecule has 0 radical (unpaired) electrons. The fourth-order valence-electron chi connectivity index (χ4n) is 2.20. The van der Waals surface area contributed by atoms with E-state index >= 15 is 0 Å². The molecule has 1 aromatic heterocycles. The molecular weight excluding hydrogens is 358 g/mol. The quantitative estimate of drug-likeness (QED) is 0.677. The summed E-state index contributed by atoms with van der Waals surface area (Å²) in [5, 5.41) is 20.0. The Morgan fingerprint density at radius 2 is 1.88 bits per heavy atom. The predicted molar refractivity (Wildman–Crippen MR) is 98.0 cm³/mol. The Morgan fingerprint density at radius 1 is 1.19 bits per heavy atom. The molecule has 0 fully saturated rings. The zero-order chi connectivity index (χ0) is 19.2. The standard InChI is InChI=1S/C17H21N3O5S/c1-3-26(23,24)11-10-15(17(21)22)18-16-9-8-14(19-20-16)12-4-6-13(25-2)7-5-12/h4-9,15H,3,10-11H2,1-2H3,(H,18,20)(H,21,22). The first-order chi connectivity index (χ1) is 12.3. The number of hydrogen-bond donors (Lipinski definition) is 2. The van der Waals surface area contributed by atoms with Crippen molar-refractivity contribution in [2.75, 3.05) is 23.9 Å². The van der Waals surface area contributed by atoms with E-state index in [1.165, 1.54) is 6.92 Å². The lowest BCUT2D eigenvalue weighted by Crippen LogP contribution is -2.32. The minimum absolute atomic E-state index is 0.0182. The van der Waals surface area contributed by atoms with Gasteiger partial charge in [0.15, 0.2) is 0 Å². The Bertz CT molecular complexity index is 836. The number of carboxylic acids is 1. The van der Waals surface area contributed by atoms with Gasteiger partial charge >= 0.3 is 5.97 Å². The van der Waals surface area contributed by atoms with E-state index in [0.717, 1.165) is 11.3 Å². The highest BCUT2D eigenvalue weighted by atomic mass is 32.2. The van der Waals surface area contributed by atoms with Gasteiger partial charge in [-0.05, 0) is 42.8 Å². The molecule has 1 unspecified atom stereocenters. The van der Waals surface area contributed by atoms with Crippen molar-refractivity contribution in [2.24, 2.45) is 0 Å². The monoisotopic (exact) mass is 379 g/mol. The van der Waals surface area contributed by atoms with Crippen molar-refractivity contribution in [2.45, 2.75) is 19.4 Å². The first kappa shape index (κ1) is 19.6. The zero-order valence-corrected chi connectivity index (χ0v) is 15.4. The molecule has 2 aromatic rings. The van der Waals surface area contributed by atoms with Crippen LogP contribution in [0.2, 0.25) is 0 Å². The number of sulfone groups is 1. The molecule has 0 amide bonds. The van der Waals surface area contributed by atoms with E-state index in [1.807, 2.05) is 12.1 Å². The van der Waals surface area contributed by atoms with Crippen LogP contribution in [0.25, 0.3) is 11.3 Å². The topological polar surface area (TPSA) is 118 Å². The van der Waals surface area contributed by atoms with E-state index in [0.29, 0.717) is 5.69 Å². The maximum Gasteiger partial charge on any atom is 0.326 e. The van der Waals surface area contributed by atoms with Gasteiger partial charge < -0.3 is 15.2 Å². The summed E-state index contributed by atoms with van der Waals surface area (Å²) in [6, 6.07) is 9.54. The van der Waals surface area contributed by atoms with Crippen molar-refractivity contribution in [1.82, 2.24) is 10.2 Å². The van der Waals surface area contributed by atoms with Crippen LogP contribution in [0.3, 0.4) is 0 Å². The Balaban J connectivity index is 2.06. The van der Waals surface area contributed by atoms with Gasteiger partial charge in [0.2, 0.25) is 0 Å². The Morgan fingerprint density at radius 3 is 2.38 bits per heavy atom. The fourth-order valence-corrected chi connectivity index (χ4v) is 3.09. The van der Waals surface area contributed by atoms with Crippen molar-refractivity contribution < 1.29 is 23.1 Å². The Labute approximate surface area is 152 Å². The Kier molecular flexibility index (Phi) is 6.51. The molecule has 0 aliphatic rings. The molecule has 1 heterocycles. The lowest BCUT2D eigenvalue weighted by Gasteiger charge is -2.14. The average Bonchev–Trinajstić information content (AvgIpc) is 2.65. The largest absolute Gasteiger partial charge is 0.497 e. The highest BCUT2D eigenvalue weighted by Gasteiger charge is 2.21. The van der Waals surface area contributed by atoms with Crippen molar-refractivity contribution >= 4 is 21.6 Å². The van der Waals surface area contributed by atoms with Gasteiger partial charge in [0.1, 0.15) is 27.4 Å². The molecule has 140 valence electrons. The fraction of sp³-hybridized carbons (Fsp3) is 0.353. The predicted octanol–water partition coefficient (Wildman–Crippen LogP) is 1.84. The molecular formula is C17H21N3O5S. The van der Waals surface area contributed by atoms with Gasteiger partial charge in [-0.1, -0.05) is 6.92 Å². The van der Waals surface area contributed by atoms with Gasteiger partial charge in [0, 0.05) is 11.3 Å². The van der Waals surface area contributed by atoms with Crippen molar-refractivity contribution in [3.8, 4) is 17.0 Å². The van der Waals surface area contributed by atoms with Gasteiger partial charge in [-0.25, -0.2) is 13.2 Å². The second-order valence-electron chi connectivity index (χ2n) is 5.59. The number of carboxylic acid groups (broad SMARTS) is 1. The minimum Gasteiger partial charge on any atom is -0.497 e. The number of nitrogens with one attached hydrogen (secondary N) is 1. The van der Waals surface area contributed by atoms with E-state index in [-0.39, 0.29) is 23.7 Å². The molecule has 1 aromatic carbocycles. The van der Waals surface area contributed by atoms with Crippen LogP contribution in [0.4, 0.5) is 5.82 Å². The zero-order valence-electron chi connectivity index (χ0n) is 14.5. The van der Waals surface area contributed by atoms with Gasteiger partial charge in [0.05, 0.1) is 18.6 Å². The van der Waals surface area contributed by atoms with Crippen LogP contribution in [0.15, 0.2) is 36.4 Å².